The maximum Gasteiger partial charge on any atom is 0.116 e. The number of nitrogens with zero attached hydrogens (tertiary/aromatic N) is 1. The van der Waals surface area contributed by atoms with Crippen molar-refractivity contribution in [2.24, 2.45) is 0 Å². The van der Waals surface area contributed by atoms with Gasteiger partial charge in [-0.2, -0.15) is 0 Å². The van der Waals surface area contributed by atoms with E-state index in [1.807, 2.05) is 0 Å². The molecule has 0 amide bonds. The molecular formula is C7H17NO. The average Bonchev–Trinajstić information content (AvgIpc) is 1.88. The van der Waals surface area contributed by atoms with Crippen molar-refractivity contribution in [1.29, 1.82) is 0 Å². The second kappa shape index (κ2) is 10.6. The van der Waals surface area contributed by atoms with Crippen molar-refractivity contribution >= 4 is 6.29 Å². The zero-order valence-electron chi connectivity index (χ0n) is 6.85. The van der Waals surface area contributed by atoms with Crippen molar-refractivity contribution < 1.29 is 4.79 Å². The van der Waals surface area contributed by atoms with Crippen LogP contribution in [0.2, 0.25) is 0 Å². The highest BCUT2D eigenvalue weighted by atomic mass is 16.1. The van der Waals surface area contributed by atoms with Gasteiger partial charge < -0.3 is 9.69 Å². The van der Waals surface area contributed by atoms with Gasteiger partial charge in [-0.25, -0.2) is 0 Å². The highest BCUT2D eigenvalue weighted by Gasteiger charge is 1.81. The molecule has 0 rings (SSSR count). The van der Waals surface area contributed by atoms with Crippen molar-refractivity contribution in [2.45, 2.75) is 20.8 Å². The lowest BCUT2D eigenvalue weighted by Crippen LogP contribution is -2.15. The van der Waals surface area contributed by atoms with E-state index in [1.54, 1.807) is 0 Å². The van der Waals surface area contributed by atoms with E-state index in [1.165, 1.54) is 6.92 Å². The average molecular weight is 131 g/mol. The molecule has 0 fully saturated rings. The van der Waals surface area contributed by atoms with Gasteiger partial charge in [-0.1, -0.05) is 13.8 Å². The first kappa shape index (κ1) is 11.4. The molecule has 0 aliphatic carbocycles. The third-order valence-electron chi connectivity index (χ3n) is 1.08. The van der Waals surface area contributed by atoms with Gasteiger partial charge in [0.15, 0.2) is 0 Å². The molecule has 9 heavy (non-hydrogen) atoms. The maximum atomic E-state index is 8.81. The number of hydrogen-bond donors (Lipinski definition) is 0. The number of hydrogen-bond acceptors (Lipinski definition) is 2. The van der Waals surface area contributed by atoms with Crippen LogP contribution in [0.15, 0.2) is 0 Å². The Bertz CT molecular complexity index is 50.9. The molecule has 0 unspecified atom stereocenters. The molecule has 0 saturated carbocycles. The van der Waals surface area contributed by atoms with Crippen LogP contribution in [0.1, 0.15) is 20.8 Å². The minimum absolute atomic E-state index is 0.750. The van der Waals surface area contributed by atoms with Gasteiger partial charge >= 0.3 is 0 Å². The van der Waals surface area contributed by atoms with Gasteiger partial charge in [-0.15, -0.1) is 0 Å². The molecule has 0 atom stereocenters. The Hall–Kier alpha value is -0.370. The van der Waals surface area contributed by atoms with Crippen molar-refractivity contribution in [1.82, 2.24) is 4.90 Å². The highest BCUT2D eigenvalue weighted by Crippen LogP contribution is 1.73. The minimum atomic E-state index is 0.750. The third-order valence-corrected chi connectivity index (χ3v) is 1.08. The Labute approximate surface area is 57.9 Å². The first-order chi connectivity index (χ1) is 4.22. The van der Waals surface area contributed by atoms with Gasteiger partial charge in [0.05, 0.1) is 0 Å². The quantitative estimate of drug-likeness (QED) is 0.524. The molecule has 2 heteroatoms. The fraction of sp³-hybridized carbons (Fsp3) is 0.857. The van der Waals surface area contributed by atoms with E-state index >= 15 is 0 Å². The normalized spacial score (nSPS) is 8.11. The Balaban J connectivity index is 0. The van der Waals surface area contributed by atoms with E-state index in [-0.39, 0.29) is 0 Å². The number of carbonyl (C=O) groups is 1. The summed E-state index contributed by atoms with van der Waals surface area (Å²) in [7, 11) is 2.11. The summed E-state index contributed by atoms with van der Waals surface area (Å²) in [6, 6.07) is 0. The first-order valence-electron chi connectivity index (χ1n) is 3.31. The highest BCUT2D eigenvalue weighted by molar-refractivity contribution is 5.44. The van der Waals surface area contributed by atoms with E-state index in [0.717, 1.165) is 19.4 Å². The van der Waals surface area contributed by atoms with E-state index in [4.69, 9.17) is 4.79 Å². The third kappa shape index (κ3) is 18.4. The predicted octanol–water partition coefficient (Wildman–Crippen LogP) is 1.16. The van der Waals surface area contributed by atoms with Crippen LogP contribution >= 0.6 is 0 Å². The predicted molar refractivity (Wildman–Crippen MR) is 40.6 cm³/mol. The van der Waals surface area contributed by atoms with Crippen LogP contribution in [0.25, 0.3) is 0 Å². The van der Waals surface area contributed by atoms with Crippen LogP contribution in [0.3, 0.4) is 0 Å². The second-order valence-electron chi connectivity index (χ2n) is 1.72. The summed E-state index contributed by atoms with van der Waals surface area (Å²) in [5.74, 6) is 0. The standard InChI is InChI=1S/C5H13N.C2H4O/c1-4-6(3)5-2;1-2-3/h4-5H2,1-3H3;2H,1H3. The zero-order valence-corrected chi connectivity index (χ0v) is 6.85. The van der Waals surface area contributed by atoms with Crippen LogP contribution in [0.5, 0.6) is 0 Å². The molecule has 0 bridgehead atoms. The first-order valence-corrected chi connectivity index (χ1v) is 3.31. The van der Waals surface area contributed by atoms with Crippen LogP contribution in [0, 0.1) is 0 Å². The van der Waals surface area contributed by atoms with Gasteiger partial charge in [0.25, 0.3) is 0 Å². The molecule has 0 spiro atoms. The zero-order chi connectivity index (χ0) is 7.70. The van der Waals surface area contributed by atoms with Crippen molar-refractivity contribution in [3.8, 4) is 0 Å². The summed E-state index contributed by atoms with van der Waals surface area (Å²) < 4.78 is 0. The van der Waals surface area contributed by atoms with Crippen LogP contribution in [-0.4, -0.2) is 31.3 Å². The van der Waals surface area contributed by atoms with Gasteiger partial charge in [-0.3, -0.25) is 0 Å². The molecule has 0 saturated heterocycles. The van der Waals surface area contributed by atoms with Crippen LogP contribution < -0.4 is 0 Å². The number of carbonyl (C=O) groups excluding carboxylic acids is 1. The Morgan fingerprint density at radius 2 is 1.56 bits per heavy atom. The molecule has 0 N–H and O–H groups in total. The van der Waals surface area contributed by atoms with Crippen LogP contribution in [-0.2, 0) is 4.79 Å². The fourth-order valence-electron chi connectivity index (χ4n) is 0.224. The summed E-state index contributed by atoms with van der Waals surface area (Å²) in [4.78, 5) is 11.1. The largest absolute Gasteiger partial charge is 0.307 e. The van der Waals surface area contributed by atoms with Crippen LogP contribution in [0.4, 0.5) is 0 Å². The SMILES string of the molecule is CC=O.CCN(C)CC. The molecule has 2 nitrogen and oxygen atoms in total. The summed E-state index contributed by atoms with van der Waals surface area (Å²) in [6.07, 6.45) is 0.750. The monoisotopic (exact) mass is 131 g/mol. The molecule has 56 valence electrons. The summed E-state index contributed by atoms with van der Waals surface area (Å²) in [5, 5.41) is 0. The van der Waals surface area contributed by atoms with Crippen molar-refractivity contribution in [3.63, 3.8) is 0 Å². The van der Waals surface area contributed by atoms with E-state index < -0.39 is 0 Å². The molecule has 0 aromatic heterocycles. The molecule has 0 aromatic carbocycles. The number of aldehydes is 1. The van der Waals surface area contributed by atoms with Gasteiger partial charge in [0, 0.05) is 0 Å². The molecule has 0 aromatic rings. The minimum Gasteiger partial charge on any atom is -0.307 e. The van der Waals surface area contributed by atoms with E-state index in [9.17, 15) is 0 Å². The Morgan fingerprint density at radius 1 is 1.33 bits per heavy atom. The Kier molecular flexibility index (Phi) is 13.4. The lowest BCUT2D eigenvalue weighted by atomic mass is 10.6. The molecule has 0 aliphatic rings. The summed E-state index contributed by atoms with van der Waals surface area (Å²) in [5.41, 5.74) is 0. The van der Waals surface area contributed by atoms with E-state index in [0.29, 0.717) is 0 Å². The fourth-order valence-corrected chi connectivity index (χ4v) is 0.224. The van der Waals surface area contributed by atoms with Gasteiger partial charge in [-0.05, 0) is 27.1 Å². The topological polar surface area (TPSA) is 20.3 Å². The molecule has 0 heterocycles. The lowest BCUT2D eigenvalue weighted by Gasteiger charge is -2.07. The van der Waals surface area contributed by atoms with E-state index in [2.05, 4.69) is 25.8 Å². The lowest BCUT2D eigenvalue weighted by molar-refractivity contribution is -0.106. The van der Waals surface area contributed by atoms with Crippen molar-refractivity contribution in [2.75, 3.05) is 20.1 Å². The smallest absolute Gasteiger partial charge is 0.116 e. The van der Waals surface area contributed by atoms with Gasteiger partial charge in [0.2, 0.25) is 0 Å². The molecule has 0 radical (unpaired) electrons. The molecule has 0 aliphatic heterocycles. The van der Waals surface area contributed by atoms with Gasteiger partial charge in [0.1, 0.15) is 6.29 Å². The van der Waals surface area contributed by atoms with Crippen molar-refractivity contribution in [3.05, 3.63) is 0 Å². The second-order valence-corrected chi connectivity index (χ2v) is 1.72. The maximum absolute atomic E-state index is 8.81. The molecular weight excluding hydrogens is 114 g/mol. The Morgan fingerprint density at radius 3 is 1.56 bits per heavy atom. The number of rotatable bonds is 2. The summed E-state index contributed by atoms with van der Waals surface area (Å²) in [6.45, 7) is 8.08. The summed E-state index contributed by atoms with van der Waals surface area (Å²) >= 11 is 0.